The van der Waals surface area contributed by atoms with Crippen LogP contribution in [0.4, 0.5) is 0 Å². The topological polar surface area (TPSA) is 52.5 Å². The van der Waals surface area contributed by atoms with E-state index in [9.17, 15) is 4.79 Å². The molecule has 0 radical (unpaired) electrons. The molecule has 0 saturated heterocycles. The summed E-state index contributed by atoms with van der Waals surface area (Å²) in [6, 6.07) is 15.4. The third-order valence-corrected chi connectivity index (χ3v) is 4.17. The third kappa shape index (κ3) is 3.60. The maximum atomic E-state index is 12.6. The molecule has 0 aliphatic carbocycles. The van der Waals surface area contributed by atoms with E-state index in [2.05, 4.69) is 5.32 Å². The molecule has 25 heavy (non-hydrogen) atoms. The number of aryl methyl sites for hydroxylation is 1. The molecule has 1 heterocycles. The Balaban J connectivity index is 1.75. The van der Waals surface area contributed by atoms with Crippen molar-refractivity contribution in [1.29, 1.82) is 0 Å². The fraction of sp³-hybridized carbons (Fsp3) is 0.250. The maximum Gasteiger partial charge on any atom is 0.268 e. The van der Waals surface area contributed by atoms with Crippen LogP contribution in [-0.4, -0.2) is 24.2 Å². The molecule has 0 aliphatic heterocycles. The van der Waals surface area contributed by atoms with Crippen molar-refractivity contribution in [3.8, 4) is 11.5 Å². The van der Waals surface area contributed by atoms with Crippen LogP contribution in [0.1, 0.15) is 23.0 Å². The van der Waals surface area contributed by atoms with Gasteiger partial charge in [0.15, 0.2) is 0 Å². The number of carbonyl (C=O) groups excluding carboxylic acids is 1. The van der Waals surface area contributed by atoms with Crippen molar-refractivity contribution in [1.82, 2.24) is 9.88 Å². The smallest absolute Gasteiger partial charge is 0.268 e. The third-order valence-electron chi connectivity index (χ3n) is 4.17. The minimum atomic E-state index is -0.104. The second kappa shape index (κ2) is 7.30. The van der Waals surface area contributed by atoms with Gasteiger partial charge in [-0.3, -0.25) is 4.79 Å². The molecular formula is C20H22N2O3. The molecule has 0 unspecified atom stereocenters. The van der Waals surface area contributed by atoms with E-state index in [1.54, 1.807) is 7.11 Å². The molecule has 1 aromatic heterocycles. The molecule has 1 amide bonds. The van der Waals surface area contributed by atoms with Crippen LogP contribution in [0.25, 0.3) is 10.9 Å². The van der Waals surface area contributed by atoms with Gasteiger partial charge in [-0.1, -0.05) is 12.1 Å². The predicted molar refractivity (Wildman–Crippen MR) is 98.3 cm³/mol. The number of methoxy groups -OCH3 is 1. The molecule has 1 N–H and O–H groups in total. The maximum absolute atomic E-state index is 12.6. The van der Waals surface area contributed by atoms with Gasteiger partial charge < -0.3 is 19.4 Å². The second-order valence-corrected chi connectivity index (χ2v) is 5.77. The van der Waals surface area contributed by atoms with E-state index in [0.717, 1.165) is 28.0 Å². The highest BCUT2D eigenvalue weighted by Crippen LogP contribution is 2.24. The summed E-state index contributed by atoms with van der Waals surface area (Å²) in [7, 11) is 3.53. The first-order valence-electron chi connectivity index (χ1n) is 8.25. The van der Waals surface area contributed by atoms with Crippen molar-refractivity contribution in [2.24, 2.45) is 7.05 Å². The van der Waals surface area contributed by atoms with E-state index in [1.807, 2.05) is 67.1 Å². The van der Waals surface area contributed by atoms with Gasteiger partial charge in [0.1, 0.15) is 17.2 Å². The molecular weight excluding hydrogens is 316 g/mol. The summed E-state index contributed by atoms with van der Waals surface area (Å²) < 4.78 is 12.6. The minimum absolute atomic E-state index is 0.104. The number of hydrogen-bond donors (Lipinski definition) is 1. The Morgan fingerprint density at radius 2 is 1.80 bits per heavy atom. The standard InChI is InChI=1S/C20H22N2O3/c1-4-25-17-9-10-18-15(11-17)12-19(22(18)2)20(23)21-13-14-5-7-16(24-3)8-6-14/h5-12H,4,13H2,1-3H3,(H,21,23). The van der Waals surface area contributed by atoms with Crippen molar-refractivity contribution in [2.45, 2.75) is 13.5 Å². The Labute approximate surface area is 147 Å². The van der Waals surface area contributed by atoms with Crippen LogP contribution >= 0.6 is 0 Å². The molecule has 0 atom stereocenters. The number of hydrogen-bond acceptors (Lipinski definition) is 3. The lowest BCUT2D eigenvalue weighted by Crippen LogP contribution is -2.24. The van der Waals surface area contributed by atoms with Crippen LogP contribution in [0.3, 0.4) is 0 Å². The van der Waals surface area contributed by atoms with E-state index in [4.69, 9.17) is 9.47 Å². The van der Waals surface area contributed by atoms with E-state index in [-0.39, 0.29) is 5.91 Å². The highest BCUT2D eigenvalue weighted by Gasteiger charge is 2.13. The van der Waals surface area contributed by atoms with Gasteiger partial charge in [0.25, 0.3) is 5.91 Å². The van der Waals surface area contributed by atoms with Gasteiger partial charge in [-0.15, -0.1) is 0 Å². The SMILES string of the molecule is CCOc1ccc2c(c1)cc(C(=O)NCc1ccc(OC)cc1)n2C. The average molecular weight is 338 g/mol. The summed E-state index contributed by atoms with van der Waals surface area (Å²) in [6.45, 7) is 3.04. The number of ether oxygens (including phenoxy) is 2. The molecule has 0 spiro atoms. The highest BCUT2D eigenvalue weighted by atomic mass is 16.5. The summed E-state index contributed by atoms with van der Waals surface area (Å²) in [4.78, 5) is 12.6. The van der Waals surface area contributed by atoms with Gasteiger partial charge in [0.05, 0.1) is 13.7 Å². The summed E-state index contributed by atoms with van der Waals surface area (Å²) in [6.07, 6.45) is 0. The molecule has 3 rings (SSSR count). The monoisotopic (exact) mass is 338 g/mol. The van der Waals surface area contributed by atoms with Crippen LogP contribution in [0.5, 0.6) is 11.5 Å². The van der Waals surface area contributed by atoms with Gasteiger partial charge >= 0.3 is 0 Å². The quantitative estimate of drug-likeness (QED) is 0.748. The van der Waals surface area contributed by atoms with E-state index < -0.39 is 0 Å². The van der Waals surface area contributed by atoms with Crippen LogP contribution in [0.2, 0.25) is 0 Å². The number of benzene rings is 2. The molecule has 3 aromatic rings. The Bertz CT molecular complexity index is 882. The van der Waals surface area contributed by atoms with Crippen LogP contribution in [-0.2, 0) is 13.6 Å². The number of carbonyl (C=O) groups is 1. The summed E-state index contributed by atoms with van der Waals surface area (Å²) in [5, 5.41) is 3.95. The van der Waals surface area contributed by atoms with E-state index in [0.29, 0.717) is 18.8 Å². The van der Waals surface area contributed by atoms with Gasteiger partial charge in [-0.2, -0.15) is 0 Å². The molecule has 0 aliphatic rings. The van der Waals surface area contributed by atoms with Gasteiger partial charge in [0.2, 0.25) is 0 Å². The molecule has 0 fully saturated rings. The van der Waals surface area contributed by atoms with E-state index in [1.165, 1.54) is 0 Å². The van der Waals surface area contributed by atoms with Crippen LogP contribution < -0.4 is 14.8 Å². The Morgan fingerprint density at radius 1 is 1.08 bits per heavy atom. The molecule has 0 bridgehead atoms. The number of nitrogens with zero attached hydrogens (tertiary/aromatic N) is 1. The zero-order valence-corrected chi connectivity index (χ0v) is 14.7. The van der Waals surface area contributed by atoms with Crippen LogP contribution in [0, 0.1) is 0 Å². The summed E-state index contributed by atoms with van der Waals surface area (Å²) >= 11 is 0. The van der Waals surface area contributed by atoms with Crippen molar-refractivity contribution in [3.63, 3.8) is 0 Å². The largest absolute Gasteiger partial charge is 0.497 e. The number of rotatable bonds is 6. The first-order valence-corrected chi connectivity index (χ1v) is 8.25. The first-order chi connectivity index (χ1) is 12.1. The lowest BCUT2D eigenvalue weighted by Gasteiger charge is -2.07. The van der Waals surface area contributed by atoms with Gasteiger partial charge in [-0.25, -0.2) is 0 Å². The fourth-order valence-electron chi connectivity index (χ4n) is 2.82. The Kier molecular flexibility index (Phi) is 4.93. The molecule has 0 saturated carbocycles. The number of fused-ring (bicyclic) bond motifs is 1. The van der Waals surface area contributed by atoms with E-state index >= 15 is 0 Å². The number of nitrogens with one attached hydrogen (secondary N) is 1. The van der Waals surface area contributed by atoms with Crippen molar-refractivity contribution >= 4 is 16.8 Å². The molecule has 5 heteroatoms. The number of aromatic nitrogens is 1. The summed E-state index contributed by atoms with van der Waals surface area (Å²) in [5.41, 5.74) is 2.64. The normalized spacial score (nSPS) is 10.7. The zero-order valence-electron chi connectivity index (χ0n) is 14.7. The number of amides is 1. The molecule has 2 aromatic carbocycles. The Morgan fingerprint density at radius 3 is 2.48 bits per heavy atom. The lowest BCUT2D eigenvalue weighted by molar-refractivity contribution is 0.0943. The second-order valence-electron chi connectivity index (χ2n) is 5.77. The summed E-state index contributed by atoms with van der Waals surface area (Å²) in [5.74, 6) is 1.51. The van der Waals surface area contributed by atoms with Crippen LogP contribution in [0.15, 0.2) is 48.5 Å². The average Bonchev–Trinajstić information content (AvgIpc) is 2.96. The van der Waals surface area contributed by atoms with Crippen molar-refractivity contribution in [3.05, 3.63) is 59.8 Å². The zero-order chi connectivity index (χ0) is 17.8. The molecule has 130 valence electrons. The molecule has 5 nitrogen and oxygen atoms in total. The van der Waals surface area contributed by atoms with Crippen molar-refractivity contribution in [2.75, 3.05) is 13.7 Å². The predicted octanol–water partition coefficient (Wildman–Crippen LogP) is 3.52. The highest BCUT2D eigenvalue weighted by molar-refractivity contribution is 5.99. The lowest BCUT2D eigenvalue weighted by atomic mass is 10.2. The van der Waals surface area contributed by atoms with Crippen molar-refractivity contribution < 1.29 is 14.3 Å². The fourth-order valence-corrected chi connectivity index (χ4v) is 2.82. The first kappa shape index (κ1) is 16.9. The Hall–Kier alpha value is -2.95. The van der Waals surface area contributed by atoms with Gasteiger partial charge in [0, 0.05) is 24.5 Å². The minimum Gasteiger partial charge on any atom is -0.497 e. The van der Waals surface area contributed by atoms with Gasteiger partial charge in [-0.05, 0) is 48.9 Å².